The molecule has 4 N–H and O–H groups in total. The van der Waals surface area contributed by atoms with Crippen molar-refractivity contribution in [3.8, 4) is 0 Å². The molecule has 4 rings (SSSR count). The maximum atomic E-state index is 3.82. The first kappa shape index (κ1) is 26.2. The number of nitrogens with one attached hydrogen (secondary N) is 4. The van der Waals surface area contributed by atoms with Gasteiger partial charge in [0.1, 0.15) is 0 Å². The molecule has 4 nitrogen and oxygen atoms in total. The highest BCUT2D eigenvalue weighted by molar-refractivity contribution is 6.31. The number of hydrogen-bond acceptors (Lipinski definition) is 4. The number of rotatable bonds is 14. The maximum absolute atomic E-state index is 3.82. The fourth-order valence-electron chi connectivity index (χ4n) is 5.06. The van der Waals surface area contributed by atoms with Crippen LogP contribution in [0.1, 0.15) is 80.1 Å². The molecule has 0 aliphatic carbocycles. The van der Waals surface area contributed by atoms with E-state index >= 15 is 0 Å². The second-order valence-corrected chi connectivity index (χ2v) is 10.5. The van der Waals surface area contributed by atoms with Gasteiger partial charge in [0.15, 0.2) is 0 Å². The summed E-state index contributed by atoms with van der Waals surface area (Å²) in [6.07, 6.45) is 6.91. The second kappa shape index (κ2) is 11.9. The molecule has 194 valence electrons. The van der Waals surface area contributed by atoms with Crippen molar-refractivity contribution in [3.05, 3.63) is 36.4 Å². The largest absolute Gasteiger partial charge is 0.384 e. The summed E-state index contributed by atoms with van der Waals surface area (Å²) in [6, 6.07) is 14.8. The summed E-state index contributed by atoms with van der Waals surface area (Å²) in [5.74, 6) is 0. The van der Waals surface area contributed by atoms with E-state index in [4.69, 9.17) is 0 Å². The van der Waals surface area contributed by atoms with Crippen LogP contribution in [0, 0.1) is 0 Å². The predicted molar refractivity (Wildman–Crippen MR) is 164 cm³/mol. The molecule has 0 spiro atoms. The quantitative estimate of drug-likeness (QED) is 0.106. The Labute approximate surface area is 217 Å². The Morgan fingerprint density at radius 2 is 0.917 bits per heavy atom. The van der Waals surface area contributed by atoms with E-state index in [0.717, 1.165) is 25.9 Å². The Morgan fingerprint density at radius 1 is 0.556 bits per heavy atom. The van der Waals surface area contributed by atoms with Gasteiger partial charge in [-0.25, -0.2) is 0 Å². The lowest BCUT2D eigenvalue weighted by Gasteiger charge is -2.24. The molecule has 2 atom stereocenters. The number of hydrogen-bond donors (Lipinski definition) is 4. The topological polar surface area (TPSA) is 48.1 Å². The van der Waals surface area contributed by atoms with Crippen molar-refractivity contribution in [3.63, 3.8) is 0 Å². The molecule has 0 fully saturated rings. The van der Waals surface area contributed by atoms with E-state index in [0.29, 0.717) is 12.1 Å². The monoisotopic (exact) mass is 486 g/mol. The third-order valence-electron chi connectivity index (χ3n) is 7.62. The fraction of sp³-hybridized carbons (Fsp3) is 0.500. The molecule has 0 saturated heterocycles. The van der Waals surface area contributed by atoms with E-state index < -0.39 is 0 Å². The number of benzene rings is 4. The summed E-state index contributed by atoms with van der Waals surface area (Å²) in [5.41, 5.74) is 4.92. The third kappa shape index (κ3) is 5.28. The molecular formula is C32H46N4. The van der Waals surface area contributed by atoms with Gasteiger partial charge in [0.2, 0.25) is 0 Å². The van der Waals surface area contributed by atoms with E-state index in [-0.39, 0.29) is 0 Å². The Balaban J connectivity index is 2.01. The van der Waals surface area contributed by atoms with E-state index in [1.807, 2.05) is 0 Å². The maximum Gasteiger partial charge on any atom is 0.0443 e. The van der Waals surface area contributed by atoms with Crippen LogP contribution in [0.25, 0.3) is 32.3 Å². The fourth-order valence-corrected chi connectivity index (χ4v) is 5.06. The highest BCUT2D eigenvalue weighted by Crippen LogP contribution is 2.46. The van der Waals surface area contributed by atoms with Crippen molar-refractivity contribution in [1.29, 1.82) is 0 Å². The van der Waals surface area contributed by atoms with Crippen molar-refractivity contribution in [2.24, 2.45) is 0 Å². The van der Waals surface area contributed by atoms with Crippen molar-refractivity contribution in [1.82, 2.24) is 0 Å². The van der Waals surface area contributed by atoms with Crippen LogP contribution in [0.15, 0.2) is 36.4 Å². The van der Waals surface area contributed by atoms with Gasteiger partial charge in [-0.1, -0.05) is 64.8 Å². The molecule has 0 radical (unpaired) electrons. The van der Waals surface area contributed by atoms with Crippen molar-refractivity contribution >= 4 is 55.1 Å². The van der Waals surface area contributed by atoms with Gasteiger partial charge in [0, 0.05) is 80.2 Å². The normalized spacial score (nSPS) is 13.4. The van der Waals surface area contributed by atoms with Crippen LogP contribution in [0.5, 0.6) is 0 Å². The second-order valence-electron chi connectivity index (χ2n) is 10.5. The Morgan fingerprint density at radius 3 is 1.28 bits per heavy atom. The molecule has 4 aromatic carbocycles. The standard InChI is InChI=1S/C32H46N4/c1-7-11-17-33-27-19-28(34-18-12-8-2)24-14-16-26-30(36-22(6)10-4)20-29(35-21(5)9-3)25-15-13-23(27)31(24)32(25)26/h13-16,19-22,33-36H,7-12,17-18H2,1-6H3. The van der Waals surface area contributed by atoms with Crippen molar-refractivity contribution < 1.29 is 0 Å². The highest BCUT2D eigenvalue weighted by Gasteiger charge is 2.19. The molecule has 4 heteroatoms. The molecule has 2 unspecified atom stereocenters. The predicted octanol–water partition coefficient (Wildman–Crippen LogP) is 9.43. The smallest absolute Gasteiger partial charge is 0.0443 e. The minimum absolute atomic E-state index is 0.414. The Bertz CT molecular complexity index is 1190. The average molecular weight is 487 g/mol. The summed E-state index contributed by atoms with van der Waals surface area (Å²) >= 11 is 0. The van der Waals surface area contributed by atoms with Crippen LogP contribution in [-0.2, 0) is 0 Å². The molecule has 0 saturated carbocycles. The van der Waals surface area contributed by atoms with Gasteiger partial charge in [-0.2, -0.15) is 0 Å². The summed E-state index contributed by atoms with van der Waals surface area (Å²) in [4.78, 5) is 0. The van der Waals surface area contributed by atoms with E-state index in [9.17, 15) is 0 Å². The summed E-state index contributed by atoms with van der Waals surface area (Å²) in [5, 5.41) is 23.2. The van der Waals surface area contributed by atoms with Gasteiger partial charge in [0.25, 0.3) is 0 Å². The van der Waals surface area contributed by atoms with E-state index in [1.165, 1.54) is 80.8 Å². The van der Waals surface area contributed by atoms with Crippen LogP contribution in [0.4, 0.5) is 22.7 Å². The lowest BCUT2D eigenvalue weighted by molar-refractivity contribution is 0.762. The number of anilines is 4. The number of unbranched alkanes of at least 4 members (excludes halogenated alkanes) is 2. The Hall–Kier alpha value is -2.88. The minimum Gasteiger partial charge on any atom is -0.384 e. The van der Waals surface area contributed by atoms with Gasteiger partial charge >= 0.3 is 0 Å². The first-order valence-electron chi connectivity index (χ1n) is 14.3. The van der Waals surface area contributed by atoms with Gasteiger partial charge in [-0.05, 0) is 51.7 Å². The summed E-state index contributed by atoms with van der Waals surface area (Å²) in [6.45, 7) is 15.5. The van der Waals surface area contributed by atoms with Gasteiger partial charge in [0.05, 0.1) is 0 Å². The minimum atomic E-state index is 0.414. The van der Waals surface area contributed by atoms with Gasteiger partial charge in [-0.15, -0.1) is 0 Å². The lowest BCUT2D eigenvalue weighted by atomic mass is 9.90. The highest BCUT2D eigenvalue weighted by atomic mass is 14.9. The molecule has 0 aliphatic rings. The van der Waals surface area contributed by atoms with E-state index in [1.54, 1.807) is 0 Å². The zero-order valence-electron chi connectivity index (χ0n) is 23.3. The van der Waals surface area contributed by atoms with E-state index in [2.05, 4.69) is 99.2 Å². The van der Waals surface area contributed by atoms with Crippen LogP contribution in [0.3, 0.4) is 0 Å². The summed E-state index contributed by atoms with van der Waals surface area (Å²) < 4.78 is 0. The van der Waals surface area contributed by atoms with Crippen molar-refractivity contribution in [2.75, 3.05) is 34.4 Å². The first-order valence-corrected chi connectivity index (χ1v) is 14.3. The first-order chi connectivity index (χ1) is 17.5. The van der Waals surface area contributed by atoms with Crippen LogP contribution < -0.4 is 21.3 Å². The molecule has 4 aromatic rings. The Kier molecular flexibility index (Phi) is 8.66. The molecule has 36 heavy (non-hydrogen) atoms. The third-order valence-corrected chi connectivity index (χ3v) is 7.62. The average Bonchev–Trinajstić information content (AvgIpc) is 2.89. The summed E-state index contributed by atoms with van der Waals surface area (Å²) in [7, 11) is 0. The zero-order valence-corrected chi connectivity index (χ0v) is 23.3. The molecule has 0 heterocycles. The molecular weight excluding hydrogens is 440 g/mol. The van der Waals surface area contributed by atoms with Crippen LogP contribution in [0.2, 0.25) is 0 Å². The lowest BCUT2D eigenvalue weighted by Crippen LogP contribution is -2.16. The molecule has 0 bridgehead atoms. The zero-order chi connectivity index (χ0) is 25.7. The SMILES string of the molecule is CCCCNc1cc(NCCCC)c2ccc3c(NC(C)CC)cc(NC(C)CC)c4ccc1c2c43. The van der Waals surface area contributed by atoms with Gasteiger partial charge in [-0.3, -0.25) is 0 Å². The van der Waals surface area contributed by atoms with Gasteiger partial charge < -0.3 is 21.3 Å². The molecule has 0 aliphatic heterocycles. The van der Waals surface area contributed by atoms with Crippen LogP contribution >= 0.6 is 0 Å². The van der Waals surface area contributed by atoms with Crippen molar-refractivity contribution in [2.45, 2.75) is 92.2 Å². The molecule has 0 aromatic heterocycles. The molecule has 0 amide bonds. The van der Waals surface area contributed by atoms with Crippen LogP contribution in [-0.4, -0.2) is 25.2 Å².